The molecule has 0 atom stereocenters. The second kappa shape index (κ2) is 3.87. The van der Waals surface area contributed by atoms with Crippen LogP contribution in [0.3, 0.4) is 0 Å². The lowest BCUT2D eigenvalue weighted by atomic mass is 9.82. The van der Waals surface area contributed by atoms with Crippen molar-refractivity contribution < 1.29 is 0 Å². The summed E-state index contributed by atoms with van der Waals surface area (Å²) in [7, 11) is 0. The Bertz CT molecular complexity index is 338. The Kier molecular flexibility index (Phi) is 2.74. The molecule has 1 aromatic rings. The Labute approximate surface area is 92.0 Å². The number of hydrogen-bond acceptors (Lipinski definition) is 4. The second-order valence-electron chi connectivity index (χ2n) is 3.64. The fourth-order valence-electron chi connectivity index (χ4n) is 1.60. The average Bonchev–Trinajstić information content (AvgIpc) is 2.09. The molecule has 6 heteroatoms. The van der Waals surface area contributed by atoms with Gasteiger partial charge in [0.05, 0.1) is 0 Å². The molecule has 76 valence electrons. The van der Waals surface area contributed by atoms with Crippen molar-refractivity contribution in [1.29, 1.82) is 0 Å². The van der Waals surface area contributed by atoms with Gasteiger partial charge in [-0.2, -0.15) is 4.98 Å². The highest BCUT2D eigenvalue weighted by Crippen LogP contribution is 2.30. The number of rotatable bonds is 2. The smallest absolute Gasteiger partial charge is 0.245 e. The molecule has 14 heavy (non-hydrogen) atoms. The van der Waals surface area contributed by atoms with Crippen LogP contribution in [0.2, 0.25) is 10.4 Å². The molecule has 1 aliphatic carbocycles. The molecular weight excluding hydrogens is 223 g/mol. The van der Waals surface area contributed by atoms with Gasteiger partial charge in [0.2, 0.25) is 5.28 Å². The fourth-order valence-corrected chi connectivity index (χ4v) is 1.86. The third-order valence-corrected chi connectivity index (χ3v) is 2.75. The van der Waals surface area contributed by atoms with Crippen LogP contribution in [-0.4, -0.2) is 21.2 Å². The number of anilines is 1. The van der Waals surface area contributed by atoms with Crippen LogP contribution in [0.1, 0.15) is 19.8 Å². The van der Waals surface area contributed by atoms with E-state index in [-0.39, 0.29) is 10.4 Å². The quantitative estimate of drug-likeness (QED) is 0.851. The van der Waals surface area contributed by atoms with Crippen molar-refractivity contribution in [2.24, 2.45) is 5.92 Å². The minimum absolute atomic E-state index is 0.115. The monoisotopic (exact) mass is 232 g/mol. The first-order valence-corrected chi connectivity index (χ1v) is 5.23. The first-order valence-electron chi connectivity index (χ1n) is 4.47. The first kappa shape index (κ1) is 9.93. The van der Waals surface area contributed by atoms with E-state index in [2.05, 4.69) is 27.4 Å². The number of aromatic nitrogens is 3. The van der Waals surface area contributed by atoms with Gasteiger partial charge in [0.25, 0.3) is 0 Å². The van der Waals surface area contributed by atoms with Gasteiger partial charge >= 0.3 is 0 Å². The average molecular weight is 233 g/mol. The maximum atomic E-state index is 5.80. The summed E-state index contributed by atoms with van der Waals surface area (Å²) in [5.41, 5.74) is 0. The van der Waals surface area contributed by atoms with Gasteiger partial charge in [0.1, 0.15) is 0 Å². The van der Waals surface area contributed by atoms with Gasteiger partial charge in [-0.05, 0) is 30.4 Å². The highest BCUT2D eigenvalue weighted by atomic mass is 35.5. The molecule has 1 N–H and O–H groups in total. The van der Waals surface area contributed by atoms with Gasteiger partial charge in [-0.3, -0.25) is 0 Å². The van der Waals surface area contributed by atoms with E-state index in [0.29, 0.717) is 11.9 Å². The molecule has 1 aromatic heterocycles. The zero-order chi connectivity index (χ0) is 10.1. The molecule has 0 radical (unpaired) electrons. The fraction of sp³-hybridized carbons (Fsp3) is 0.625. The number of halogens is 2. The predicted octanol–water partition coefficient (Wildman–Crippen LogP) is 2.39. The van der Waals surface area contributed by atoms with Crippen LogP contribution in [0, 0.1) is 5.92 Å². The lowest BCUT2D eigenvalue weighted by Crippen LogP contribution is -2.34. The highest BCUT2D eigenvalue weighted by molar-refractivity contribution is 6.32. The molecule has 2 rings (SSSR count). The molecule has 0 amide bonds. The normalized spacial score (nSPS) is 25.6. The minimum atomic E-state index is 0.115. The molecule has 1 saturated carbocycles. The summed E-state index contributed by atoms with van der Waals surface area (Å²) in [6, 6.07) is 0.440. The molecule has 0 spiro atoms. The van der Waals surface area contributed by atoms with Gasteiger partial charge in [0, 0.05) is 6.04 Å². The highest BCUT2D eigenvalue weighted by Gasteiger charge is 2.26. The zero-order valence-corrected chi connectivity index (χ0v) is 9.18. The van der Waals surface area contributed by atoms with E-state index in [4.69, 9.17) is 23.2 Å². The van der Waals surface area contributed by atoms with E-state index < -0.39 is 0 Å². The van der Waals surface area contributed by atoms with Crippen LogP contribution in [0.5, 0.6) is 0 Å². The van der Waals surface area contributed by atoms with Crippen LogP contribution in [0.15, 0.2) is 0 Å². The molecule has 0 saturated heterocycles. The largest absolute Gasteiger partial charge is 0.365 e. The molecule has 1 aliphatic rings. The number of hydrogen-bond donors (Lipinski definition) is 1. The molecule has 0 aromatic carbocycles. The van der Waals surface area contributed by atoms with Crippen LogP contribution in [0.4, 0.5) is 5.82 Å². The number of nitrogens with zero attached hydrogens (tertiary/aromatic N) is 3. The summed E-state index contributed by atoms with van der Waals surface area (Å²) in [4.78, 5) is 3.97. The standard InChI is InChI=1S/C8H10Cl2N4/c1-4-2-5(3-4)11-7-6(9)13-14-8(10)12-7/h4-5H,2-3H2,1H3,(H,11,12,14). The molecule has 1 heterocycles. The van der Waals surface area contributed by atoms with Crippen LogP contribution in [-0.2, 0) is 0 Å². The molecule has 4 nitrogen and oxygen atoms in total. The van der Waals surface area contributed by atoms with E-state index in [1.165, 1.54) is 0 Å². The SMILES string of the molecule is CC1CC(Nc2nc(Cl)nnc2Cl)C1. The van der Waals surface area contributed by atoms with Crippen LogP contribution in [0.25, 0.3) is 0 Å². The van der Waals surface area contributed by atoms with Gasteiger partial charge in [-0.15, -0.1) is 10.2 Å². The summed E-state index contributed by atoms with van der Waals surface area (Å²) < 4.78 is 0. The first-order chi connectivity index (χ1) is 6.65. The van der Waals surface area contributed by atoms with Crippen LogP contribution >= 0.6 is 23.2 Å². The third kappa shape index (κ3) is 2.07. The second-order valence-corrected chi connectivity index (χ2v) is 4.33. The van der Waals surface area contributed by atoms with Crippen molar-refractivity contribution in [3.8, 4) is 0 Å². The number of nitrogens with one attached hydrogen (secondary N) is 1. The van der Waals surface area contributed by atoms with Gasteiger partial charge in [0.15, 0.2) is 11.0 Å². The predicted molar refractivity (Wildman–Crippen MR) is 55.7 cm³/mol. The summed E-state index contributed by atoms with van der Waals surface area (Å²) in [6.07, 6.45) is 2.27. The van der Waals surface area contributed by atoms with E-state index in [9.17, 15) is 0 Å². The lowest BCUT2D eigenvalue weighted by molar-refractivity contribution is 0.308. The summed E-state index contributed by atoms with van der Waals surface area (Å²) in [5, 5.41) is 10.8. The molecule has 1 fully saturated rings. The van der Waals surface area contributed by atoms with E-state index >= 15 is 0 Å². The van der Waals surface area contributed by atoms with Crippen LogP contribution < -0.4 is 5.32 Å². The Morgan fingerprint density at radius 2 is 2.00 bits per heavy atom. The lowest BCUT2D eigenvalue weighted by Gasteiger charge is -2.33. The molecule has 0 unspecified atom stereocenters. The summed E-state index contributed by atoms with van der Waals surface area (Å²) in [6.45, 7) is 2.21. The Balaban J connectivity index is 2.05. The molecule has 0 bridgehead atoms. The summed E-state index contributed by atoms with van der Waals surface area (Å²) in [5.74, 6) is 1.31. The minimum Gasteiger partial charge on any atom is -0.365 e. The van der Waals surface area contributed by atoms with E-state index in [1.807, 2.05) is 0 Å². The molecular formula is C8H10Cl2N4. The molecule has 0 aliphatic heterocycles. The van der Waals surface area contributed by atoms with Crippen molar-refractivity contribution in [2.45, 2.75) is 25.8 Å². The van der Waals surface area contributed by atoms with E-state index in [0.717, 1.165) is 18.8 Å². The zero-order valence-electron chi connectivity index (χ0n) is 7.67. The van der Waals surface area contributed by atoms with Crippen molar-refractivity contribution in [2.75, 3.05) is 5.32 Å². The Hall–Kier alpha value is -0.610. The maximum Gasteiger partial charge on any atom is 0.245 e. The van der Waals surface area contributed by atoms with Gasteiger partial charge in [-0.1, -0.05) is 18.5 Å². The van der Waals surface area contributed by atoms with Crippen molar-refractivity contribution in [3.63, 3.8) is 0 Å². The van der Waals surface area contributed by atoms with Crippen molar-refractivity contribution >= 4 is 29.0 Å². The Morgan fingerprint density at radius 3 is 2.64 bits per heavy atom. The van der Waals surface area contributed by atoms with Gasteiger partial charge < -0.3 is 5.32 Å². The maximum absolute atomic E-state index is 5.80. The summed E-state index contributed by atoms with van der Waals surface area (Å²) >= 11 is 11.4. The Morgan fingerprint density at radius 1 is 1.29 bits per heavy atom. The van der Waals surface area contributed by atoms with Crippen molar-refractivity contribution in [3.05, 3.63) is 10.4 Å². The van der Waals surface area contributed by atoms with Gasteiger partial charge in [-0.25, -0.2) is 0 Å². The van der Waals surface area contributed by atoms with Crippen molar-refractivity contribution in [1.82, 2.24) is 15.2 Å². The third-order valence-electron chi connectivity index (χ3n) is 2.33. The van der Waals surface area contributed by atoms with E-state index in [1.54, 1.807) is 0 Å². The topological polar surface area (TPSA) is 50.7 Å².